The molecule has 2 atom stereocenters. The Morgan fingerprint density at radius 3 is 2.48 bits per heavy atom. The Kier molecular flexibility index (Phi) is 3.87. The number of hydrogen-bond acceptors (Lipinski definition) is 3. The third-order valence-electron chi connectivity index (χ3n) is 4.04. The van der Waals surface area contributed by atoms with Gasteiger partial charge in [0.2, 0.25) is 5.16 Å². The second-order valence-corrected chi connectivity index (χ2v) is 6.54. The van der Waals surface area contributed by atoms with Gasteiger partial charge in [0.1, 0.15) is 0 Å². The monoisotopic (exact) mass is 325 g/mol. The van der Waals surface area contributed by atoms with Crippen molar-refractivity contribution in [1.82, 2.24) is 14.8 Å². The zero-order valence-electron chi connectivity index (χ0n) is 12.5. The lowest BCUT2D eigenvalue weighted by Crippen LogP contribution is -2.07. The molecule has 1 aromatic heterocycles. The smallest absolute Gasteiger partial charge is 0.209 e. The molecule has 0 amide bonds. The Morgan fingerprint density at radius 2 is 1.74 bits per heavy atom. The van der Waals surface area contributed by atoms with E-state index in [1.54, 1.807) is 16.4 Å². The predicted molar refractivity (Wildman–Crippen MR) is 89.1 cm³/mol. The van der Waals surface area contributed by atoms with Crippen molar-refractivity contribution in [3.63, 3.8) is 0 Å². The molecule has 116 valence electrons. The van der Waals surface area contributed by atoms with Crippen LogP contribution in [0.5, 0.6) is 0 Å². The fourth-order valence-electron chi connectivity index (χ4n) is 2.89. The molecule has 1 aliphatic heterocycles. The molecule has 2 unspecified atom stereocenters. The van der Waals surface area contributed by atoms with Gasteiger partial charge in [0.05, 0.1) is 6.04 Å². The SMILES string of the molecule is FC1CC(c2ccccc2)n2nc(SCc3ccccc3)nc21. The van der Waals surface area contributed by atoms with E-state index in [0.29, 0.717) is 17.4 Å². The number of rotatable bonds is 4. The van der Waals surface area contributed by atoms with E-state index in [9.17, 15) is 4.39 Å². The highest BCUT2D eigenvalue weighted by atomic mass is 32.2. The summed E-state index contributed by atoms with van der Waals surface area (Å²) in [5.74, 6) is 1.24. The summed E-state index contributed by atoms with van der Waals surface area (Å²) < 4.78 is 16.1. The van der Waals surface area contributed by atoms with Crippen molar-refractivity contribution in [3.05, 3.63) is 77.6 Å². The van der Waals surface area contributed by atoms with Crippen LogP contribution >= 0.6 is 11.8 Å². The Bertz CT molecular complexity index is 789. The van der Waals surface area contributed by atoms with Gasteiger partial charge in [0, 0.05) is 12.2 Å². The summed E-state index contributed by atoms with van der Waals surface area (Å²) in [7, 11) is 0. The van der Waals surface area contributed by atoms with Crippen LogP contribution < -0.4 is 0 Å². The van der Waals surface area contributed by atoms with Gasteiger partial charge in [-0.3, -0.25) is 0 Å². The molecule has 3 nitrogen and oxygen atoms in total. The summed E-state index contributed by atoms with van der Waals surface area (Å²) in [5, 5.41) is 5.19. The standard InChI is InChI=1S/C18H16FN3S/c19-15-11-16(14-9-5-2-6-10-14)22-17(15)20-18(21-22)23-12-13-7-3-1-4-8-13/h1-10,15-16H,11-12H2. The summed E-state index contributed by atoms with van der Waals surface area (Å²) >= 11 is 1.55. The topological polar surface area (TPSA) is 30.7 Å². The quantitative estimate of drug-likeness (QED) is 0.658. The molecule has 2 aromatic carbocycles. The molecule has 23 heavy (non-hydrogen) atoms. The zero-order valence-corrected chi connectivity index (χ0v) is 13.3. The molecule has 0 fully saturated rings. The second-order valence-electron chi connectivity index (χ2n) is 5.60. The molecule has 0 radical (unpaired) electrons. The van der Waals surface area contributed by atoms with Gasteiger partial charge in [0.15, 0.2) is 12.0 Å². The van der Waals surface area contributed by atoms with Crippen LogP contribution in [-0.4, -0.2) is 14.8 Å². The minimum absolute atomic E-state index is 0.0558. The highest BCUT2D eigenvalue weighted by Crippen LogP contribution is 2.40. The lowest BCUT2D eigenvalue weighted by molar-refractivity contribution is 0.327. The summed E-state index contributed by atoms with van der Waals surface area (Å²) in [4.78, 5) is 4.40. The molecule has 0 aliphatic carbocycles. The maximum atomic E-state index is 14.3. The highest BCUT2D eigenvalue weighted by Gasteiger charge is 2.35. The highest BCUT2D eigenvalue weighted by molar-refractivity contribution is 7.98. The second kappa shape index (κ2) is 6.16. The fourth-order valence-corrected chi connectivity index (χ4v) is 3.69. The summed E-state index contributed by atoms with van der Waals surface area (Å²) in [5.41, 5.74) is 2.29. The van der Waals surface area contributed by atoms with E-state index in [1.807, 2.05) is 48.5 Å². The summed E-state index contributed by atoms with van der Waals surface area (Å²) in [6.07, 6.45) is -0.623. The molecule has 4 rings (SSSR count). The first-order valence-electron chi connectivity index (χ1n) is 7.63. The van der Waals surface area contributed by atoms with Gasteiger partial charge in [-0.05, 0) is 11.1 Å². The van der Waals surface area contributed by atoms with Crippen LogP contribution in [0.15, 0.2) is 65.8 Å². The van der Waals surface area contributed by atoms with Crippen LogP contribution in [-0.2, 0) is 5.75 Å². The number of hydrogen-bond donors (Lipinski definition) is 0. The zero-order chi connectivity index (χ0) is 15.6. The molecule has 3 aromatic rings. The minimum Gasteiger partial charge on any atom is -0.239 e. The van der Waals surface area contributed by atoms with Gasteiger partial charge in [-0.2, -0.15) is 0 Å². The predicted octanol–water partition coefficient (Wildman–Crippen LogP) is 4.57. The third kappa shape index (κ3) is 2.88. The number of alkyl halides is 1. The van der Waals surface area contributed by atoms with E-state index in [-0.39, 0.29) is 6.04 Å². The number of benzene rings is 2. The van der Waals surface area contributed by atoms with E-state index in [2.05, 4.69) is 22.2 Å². The first-order valence-corrected chi connectivity index (χ1v) is 8.62. The van der Waals surface area contributed by atoms with Crippen molar-refractivity contribution in [2.75, 3.05) is 0 Å². The first kappa shape index (κ1) is 14.5. The van der Waals surface area contributed by atoms with Crippen molar-refractivity contribution in [3.8, 4) is 0 Å². The van der Waals surface area contributed by atoms with Gasteiger partial charge < -0.3 is 0 Å². The number of thioether (sulfide) groups is 1. The first-order chi connectivity index (χ1) is 11.3. The summed E-state index contributed by atoms with van der Waals surface area (Å²) in [6, 6.07) is 20.1. The molecule has 0 spiro atoms. The molecular formula is C18H16FN3S. The van der Waals surface area contributed by atoms with E-state index in [0.717, 1.165) is 11.3 Å². The Balaban J connectivity index is 1.56. The minimum atomic E-state index is -1.04. The van der Waals surface area contributed by atoms with E-state index in [4.69, 9.17) is 0 Å². The third-order valence-corrected chi connectivity index (χ3v) is 4.95. The number of nitrogens with zero attached hydrogens (tertiary/aromatic N) is 3. The van der Waals surface area contributed by atoms with Crippen molar-refractivity contribution >= 4 is 11.8 Å². The Morgan fingerprint density at radius 1 is 1.04 bits per heavy atom. The molecule has 0 saturated carbocycles. The van der Waals surface area contributed by atoms with Crippen molar-refractivity contribution < 1.29 is 4.39 Å². The normalized spacial score (nSPS) is 19.7. The van der Waals surface area contributed by atoms with Gasteiger partial charge in [-0.25, -0.2) is 14.1 Å². The molecule has 2 heterocycles. The van der Waals surface area contributed by atoms with Crippen molar-refractivity contribution in [1.29, 1.82) is 0 Å². The molecule has 5 heteroatoms. The lowest BCUT2D eigenvalue weighted by Gasteiger charge is -2.11. The summed E-state index contributed by atoms with van der Waals surface area (Å²) in [6.45, 7) is 0. The van der Waals surface area contributed by atoms with Gasteiger partial charge in [-0.15, -0.1) is 5.10 Å². The van der Waals surface area contributed by atoms with Crippen LogP contribution in [0.25, 0.3) is 0 Å². The average Bonchev–Trinajstić information content (AvgIpc) is 3.15. The lowest BCUT2D eigenvalue weighted by atomic mass is 10.0. The molecule has 0 N–H and O–H groups in total. The average molecular weight is 325 g/mol. The van der Waals surface area contributed by atoms with Crippen LogP contribution in [0.4, 0.5) is 4.39 Å². The van der Waals surface area contributed by atoms with Crippen molar-refractivity contribution in [2.45, 2.75) is 29.5 Å². The van der Waals surface area contributed by atoms with Crippen LogP contribution in [0.1, 0.15) is 35.6 Å². The van der Waals surface area contributed by atoms with Crippen LogP contribution in [0, 0.1) is 0 Å². The largest absolute Gasteiger partial charge is 0.239 e. The van der Waals surface area contributed by atoms with E-state index < -0.39 is 6.17 Å². The number of halogens is 1. The van der Waals surface area contributed by atoms with Crippen molar-refractivity contribution in [2.24, 2.45) is 0 Å². The van der Waals surface area contributed by atoms with E-state index in [1.165, 1.54) is 5.56 Å². The maximum Gasteiger partial charge on any atom is 0.209 e. The van der Waals surface area contributed by atoms with Crippen LogP contribution in [0.3, 0.4) is 0 Å². The molecule has 0 saturated heterocycles. The van der Waals surface area contributed by atoms with Crippen LogP contribution in [0.2, 0.25) is 0 Å². The Hall–Kier alpha value is -2.14. The fraction of sp³-hybridized carbons (Fsp3) is 0.222. The number of fused-ring (bicyclic) bond motifs is 1. The maximum absolute atomic E-state index is 14.3. The number of aromatic nitrogens is 3. The molecular weight excluding hydrogens is 309 g/mol. The van der Waals surface area contributed by atoms with Gasteiger partial charge >= 0.3 is 0 Å². The van der Waals surface area contributed by atoms with E-state index >= 15 is 0 Å². The Labute approximate surface area is 138 Å². The van der Waals surface area contributed by atoms with Gasteiger partial charge in [0.25, 0.3) is 0 Å². The molecule has 1 aliphatic rings. The molecule has 0 bridgehead atoms. The van der Waals surface area contributed by atoms with Gasteiger partial charge in [-0.1, -0.05) is 72.4 Å².